The number of likely N-dealkylation sites (tertiary alicyclic amines) is 1. The Labute approximate surface area is 113 Å². The molecule has 1 fully saturated rings. The van der Waals surface area contributed by atoms with Crippen molar-refractivity contribution in [1.29, 1.82) is 0 Å². The highest BCUT2D eigenvalue weighted by atomic mass is 35.5. The van der Waals surface area contributed by atoms with Crippen LogP contribution in [0.2, 0.25) is 5.15 Å². The fraction of sp³-hybridized carbons (Fsp3) is 0.667. The van der Waals surface area contributed by atoms with Gasteiger partial charge >= 0.3 is 0 Å². The van der Waals surface area contributed by atoms with Crippen LogP contribution in [0.5, 0.6) is 0 Å². The molecule has 0 unspecified atom stereocenters. The lowest BCUT2D eigenvalue weighted by atomic mass is 10.2. The van der Waals surface area contributed by atoms with E-state index in [4.69, 9.17) is 17.3 Å². The molecular formula is C12H20ClN5. The third-order valence-corrected chi connectivity index (χ3v) is 3.56. The van der Waals surface area contributed by atoms with Crippen molar-refractivity contribution in [3.05, 3.63) is 11.5 Å². The monoisotopic (exact) mass is 269 g/mol. The molecular weight excluding hydrogens is 250 g/mol. The molecule has 1 aromatic heterocycles. The summed E-state index contributed by atoms with van der Waals surface area (Å²) < 4.78 is 0. The number of hydrogen-bond acceptors (Lipinski definition) is 5. The van der Waals surface area contributed by atoms with E-state index in [9.17, 15) is 0 Å². The maximum absolute atomic E-state index is 5.84. The van der Waals surface area contributed by atoms with Crippen molar-refractivity contribution in [2.45, 2.75) is 25.7 Å². The summed E-state index contributed by atoms with van der Waals surface area (Å²) in [6.07, 6.45) is 6.76. The molecule has 0 saturated carbocycles. The van der Waals surface area contributed by atoms with Crippen LogP contribution in [0.4, 0.5) is 11.5 Å². The van der Waals surface area contributed by atoms with E-state index in [2.05, 4.69) is 20.2 Å². The Bertz CT molecular complexity index is 377. The molecule has 2 rings (SSSR count). The van der Waals surface area contributed by atoms with E-state index >= 15 is 0 Å². The molecule has 0 radical (unpaired) electrons. The van der Waals surface area contributed by atoms with Crippen LogP contribution in [0.15, 0.2) is 6.33 Å². The fourth-order valence-corrected chi connectivity index (χ4v) is 2.34. The van der Waals surface area contributed by atoms with Crippen LogP contribution in [0.1, 0.15) is 25.7 Å². The number of aromatic nitrogens is 2. The van der Waals surface area contributed by atoms with Crippen LogP contribution >= 0.6 is 11.6 Å². The van der Waals surface area contributed by atoms with Crippen molar-refractivity contribution < 1.29 is 0 Å². The van der Waals surface area contributed by atoms with Crippen LogP contribution in [0.25, 0.3) is 0 Å². The minimum absolute atomic E-state index is 0.308. The standard InChI is InChI=1S/C12H20ClN5/c13-11-10(14)12(17-9-16-11)15-5-8-18-6-3-1-2-4-7-18/h9H,1-8,14H2,(H,15,16,17). The number of nitrogens with zero attached hydrogens (tertiary/aromatic N) is 3. The second-order valence-electron chi connectivity index (χ2n) is 4.61. The van der Waals surface area contributed by atoms with E-state index in [1.54, 1.807) is 0 Å². The minimum Gasteiger partial charge on any atom is -0.393 e. The predicted octanol–water partition coefficient (Wildman–Crippen LogP) is 2.00. The molecule has 2 heterocycles. The van der Waals surface area contributed by atoms with Gasteiger partial charge in [-0.3, -0.25) is 0 Å². The summed E-state index contributed by atoms with van der Waals surface area (Å²) in [6, 6.07) is 0. The largest absolute Gasteiger partial charge is 0.393 e. The zero-order valence-corrected chi connectivity index (χ0v) is 11.3. The summed E-state index contributed by atoms with van der Waals surface area (Å²) in [5.41, 5.74) is 6.22. The van der Waals surface area contributed by atoms with Crippen molar-refractivity contribution in [3.63, 3.8) is 0 Å². The van der Waals surface area contributed by atoms with Crippen LogP contribution in [-0.2, 0) is 0 Å². The first kappa shape index (κ1) is 13.4. The summed E-state index contributed by atoms with van der Waals surface area (Å²) in [5.74, 6) is 0.629. The predicted molar refractivity (Wildman–Crippen MR) is 74.9 cm³/mol. The maximum Gasteiger partial charge on any atom is 0.157 e. The van der Waals surface area contributed by atoms with E-state index < -0.39 is 0 Å². The SMILES string of the molecule is Nc1c(Cl)ncnc1NCCN1CCCCCC1. The molecule has 18 heavy (non-hydrogen) atoms. The van der Waals surface area contributed by atoms with Gasteiger partial charge < -0.3 is 16.0 Å². The average Bonchev–Trinajstić information content (AvgIpc) is 2.63. The van der Waals surface area contributed by atoms with Crippen LogP contribution in [0.3, 0.4) is 0 Å². The highest BCUT2D eigenvalue weighted by molar-refractivity contribution is 6.32. The summed E-state index contributed by atoms with van der Waals surface area (Å²) in [4.78, 5) is 10.4. The fourth-order valence-electron chi connectivity index (χ4n) is 2.21. The second-order valence-corrected chi connectivity index (χ2v) is 4.97. The van der Waals surface area contributed by atoms with Gasteiger partial charge in [0.1, 0.15) is 12.0 Å². The van der Waals surface area contributed by atoms with Gasteiger partial charge in [-0.2, -0.15) is 0 Å². The molecule has 100 valence electrons. The van der Waals surface area contributed by atoms with E-state index in [0.717, 1.165) is 13.1 Å². The third kappa shape index (κ3) is 3.71. The molecule has 0 aromatic carbocycles. The smallest absolute Gasteiger partial charge is 0.157 e. The summed E-state index contributed by atoms with van der Waals surface area (Å²) in [6.45, 7) is 4.24. The van der Waals surface area contributed by atoms with Gasteiger partial charge in [0.05, 0.1) is 0 Å². The van der Waals surface area contributed by atoms with E-state index in [0.29, 0.717) is 16.7 Å². The molecule has 0 bridgehead atoms. The molecule has 1 saturated heterocycles. The van der Waals surface area contributed by atoms with Gasteiger partial charge in [0, 0.05) is 13.1 Å². The Hall–Kier alpha value is -1.07. The van der Waals surface area contributed by atoms with Crippen molar-refractivity contribution in [2.24, 2.45) is 0 Å². The molecule has 6 heteroatoms. The molecule has 1 aromatic rings. The lowest BCUT2D eigenvalue weighted by Crippen LogP contribution is -2.30. The van der Waals surface area contributed by atoms with Crippen molar-refractivity contribution in [1.82, 2.24) is 14.9 Å². The number of hydrogen-bond donors (Lipinski definition) is 2. The van der Waals surface area contributed by atoms with Crippen molar-refractivity contribution in [3.8, 4) is 0 Å². The first-order valence-electron chi connectivity index (χ1n) is 6.49. The normalized spacial score (nSPS) is 17.4. The van der Waals surface area contributed by atoms with Gasteiger partial charge in [-0.25, -0.2) is 9.97 Å². The van der Waals surface area contributed by atoms with Gasteiger partial charge in [0.2, 0.25) is 0 Å². The Balaban J connectivity index is 1.79. The molecule has 0 amide bonds. The summed E-state index contributed by atoms with van der Waals surface area (Å²) in [7, 11) is 0. The van der Waals surface area contributed by atoms with E-state index in [1.807, 2.05) is 0 Å². The lowest BCUT2D eigenvalue weighted by Gasteiger charge is -2.20. The molecule has 0 atom stereocenters. The van der Waals surface area contributed by atoms with Crippen LogP contribution < -0.4 is 11.1 Å². The Morgan fingerprint density at radius 1 is 1.22 bits per heavy atom. The third-order valence-electron chi connectivity index (χ3n) is 3.25. The summed E-state index contributed by atoms with van der Waals surface area (Å²) >= 11 is 5.84. The van der Waals surface area contributed by atoms with Crippen LogP contribution in [0, 0.1) is 0 Å². The van der Waals surface area contributed by atoms with Crippen molar-refractivity contribution in [2.75, 3.05) is 37.2 Å². The molecule has 3 N–H and O–H groups in total. The summed E-state index contributed by atoms with van der Waals surface area (Å²) in [5, 5.41) is 3.53. The first-order chi connectivity index (χ1) is 8.77. The molecule has 5 nitrogen and oxygen atoms in total. The van der Waals surface area contributed by atoms with E-state index in [1.165, 1.54) is 45.1 Å². The lowest BCUT2D eigenvalue weighted by molar-refractivity contribution is 0.296. The topological polar surface area (TPSA) is 67.1 Å². The van der Waals surface area contributed by atoms with Crippen molar-refractivity contribution >= 4 is 23.1 Å². The van der Waals surface area contributed by atoms with E-state index in [-0.39, 0.29) is 0 Å². The number of anilines is 2. The van der Waals surface area contributed by atoms with Gasteiger partial charge in [0.15, 0.2) is 11.0 Å². The van der Waals surface area contributed by atoms with Gasteiger partial charge in [-0.15, -0.1) is 0 Å². The first-order valence-corrected chi connectivity index (χ1v) is 6.87. The second kappa shape index (κ2) is 6.75. The average molecular weight is 270 g/mol. The quantitative estimate of drug-likeness (QED) is 0.819. The number of halogens is 1. The Morgan fingerprint density at radius 3 is 2.67 bits per heavy atom. The highest BCUT2D eigenvalue weighted by Gasteiger charge is 2.09. The molecule has 0 spiro atoms. The zero-order valence-electron chi connectivity index (χ0n) is 10.5. The van der Waals surface area contributed by atoms with Gasteiger partial charge in [-0.1, -0.05) is 24.4 Å². The van der Waals surface area contributed by atoms with Crippen LogP contribution in [-0.4, -0.2) is 41.0 Å². The molecule has 1 aliphatic heterocycles. The number of rotatable bonds is 4. The minimum atomic E-state index is 0.308. The zero-order chi connectivity index (χ0) is 12.8. The Kier molecular flexibility index (Phi) is 5.01. The molecule has 0 aliphatic carbocycles. The number of nitrogen functional groups attached to an aromatic ring is 1. The number of nitrogens with one attached hydrogen (secondary N) is 1. The van der Waals surface area contributed by atoms with Gasteiger partial charge in [-0.05, 0) is 25.9 Å². The molecule has 1 aliphatic rings. The number of nitrogens with two attached hydrogens (primary N) is 1. The highest BCUT2D eigenvalue weighted by Crippen LogP contribution is 2.21. The Morgan fingerprint density at radius 2 is 1.94 bits per heavy atom. The van der Waals surface area contributed by atoms with Gasteiger partial charge in [0.25, 0.3) is 0 Å². The maximum atomic E-state index is 5.84.